The van der Waals surface area contributed by atoms with Gasteiger partial charge in [0.05, 0.1) is 6.54 Å². The smallest absolute Gasteiger partial charge is 0.237 e. The van der Waals surface area contributed by atoms with Gasteiger partial charge in [0.1, 0.15) is 18.1 Å². The van der Waals surface area contributed by atoms with Crippen molar-refractivity contribution in [3.8, 4) is 11.5 Å². The van der Waals surface area contributed by atoms with Gasteiger partial charge in [-0.05, 0) is 19.1 Å². The summed E-state index contributed by atoms with van der Waals surface area (Å²) in [5, 5.41) is 2.17. The van der Waals surface area contributed by atoms with E-state index < -0.39 is 5.38 Å². The van der Waals surface area contributed by atoms with Gasteiger partial charge >= 0.3 is 0 Å². The molecule has 0 fully saturated rings. The number of para-hydroxylation sites is 2. The Morgan fingerprint density at radius 3 is 2.94 bits per heavy atom. The highest BCUT2D eigenvalue weighted by Crippen LogP contribution is 2.30. The Labute approximate surface area is 105 Å². The molecule has 1 aromatic carbocycles. The lowest BCUT2D eigenvalue weighted by molar-refractivity contribution is -0.120. The molecule has 0 aromatic heterocycles. The van der Waals surface area contributed by atoms with Gasteiger partial charge in [-0.15, -0.1) is 11.6 Å². The van der Waals surface area contributed by atoms with Gasteiger partial charge in [-0.1, -0.05) is 12.1 Å². The Morgan fingerprint density at radius 1 is 1.53 bits per heavy atom. The number of fused-ring (bicyclic) bond motifs is 1. The van der Waals surface area contributed by atoms with Crippen molar-refractivity contribution in [2.75, 3.05) is 13.2 Å². The fraction of sp³-hybridized carbons (Fsp3) is 0.417. The van der Waals surface area contributed by atoms with Crippen LogP contribution in [-0.4, -0.2) is 30.5 Å². The van der Waals surface area contributed by atoms with Gasteiger partial charge in [0.25, 0.3) is 0 Å². The third-order valence-corrected chi connectivity index (χ3v) is 2.63. The first-order valence-electron chi connectivity index (χ1n) is 5.47. The minimum absolute atomic E-state index is 0.177. The molecule has 4 nitrogen and oxygen atoms in total. The van der Waals surface area contributed by atoms with E-state index in [0.717, 1.165) is 5.75 Å². The zero-order valence-electron chi connectivity index (χ0n) is 9.48. The third-order valence-electron chi connectivity index (χ3n) is 2.43. The monoisotopic (exact) mass is 255 g/mol. The van der Waals surface area contributed by atoms with Crippen LogP contribution in [0.4, 0.5) is 0 Å². The molecule has 1 aliphatic rings. The Hall–Kier alpha value is -1.42. The molecule has 1 aliphatic heterocycles. The SMILES string of the molecule is C[C@H](Cl)C(=O)NC[C@H]1COc2ccccc2O1. The quantitative estimate of drug-likeness (QED) is 0.834. The van der Waals surface area contributed by atoms with Crippen LogP contribution in [-0.2, 0) is 4.79 Å². The van der Waals surface area contributed by atoms with Crippen LogP contribution >= 0.6 is 11.6 Å². The average Bonchev–Trinajstić information content (AvgIpc) is 2.35. The number of rotatable bonds is 3. The van der Waals surface area contributed by atoms with Crippen LogP contribution in [0.5, 0.6) is 11.5 Å². The summed E-state index contributed by atoms with van der Waals surface area (Å²) < 4.78 is 11.2. The maximum atomic E-state index is 11.3. The molecule has 0 spiro atoms. The van der Waals surface area contributed by atoms with E-state index in [1.54, 1.807) is 6.92 Å². The van der Waals surface area contributed by atoms with Gasteiger partial charge in [-0.25, -0.2) is 0 Å². The Kier molecular flexibility index (Phi) is 3.74. The highest BCUT2D eigenvalue weighted by molar-refractivity contribution is 6.30. The molecule has 0 saturated carbocycles. The van der Waals surface area contributed by atoms with Crippen LogP contribution in [0.25, 0.3) is 0 Å². The number of hydrogen-bond donors (Lipinski definition) is 1. The molecule has 0 radical (unpaired) electrons. The predicted molar refractivity (Wildman–Crippen MR) is 64.7 cm³/mol. The molecule has 17 heavy (non-hydrogen) atoms. The molecule has 1 aromatic rings. The Bertz CT molecular complexity index is 408. The number of alkyl halides is 1. The van der Waals surface area contributed by atoms with Gasteiger partial charge in [-0.2, -0.15) is 0 Å². The molecule has 92 valence electrons. The normalized spacial score (nSPS) is 19.5. The van der Waals surface area contributed by atoms with E-state index >= 15 is 0 Å². The maximum Gasteiger partial charge on any atom is 0.237 e. The summed E-state index contributed by atoms with van der Waals surface area (Å²) in [6.07, 6.45) is -0.177. The summed E-state index contributed by atoms with van der Waals surface area (Å²) in [5.74, 6) is 1.24. The van der Waals surface area contributed by atoms with Crippen molar-refractivity contribution < 1.29 is 14.3 Å². The first kappa shape index (κ1) is 12.0. The molecule has 5 heteroatoms. The Balaban J connectivity index is 1.88. The number of hydrogen-bond acceptors (Lipinski definition) is 3. The van der Waals surface area contributed by atoms with E-state index in [9.17, 15) is 4.79 Å². The van der Waals surface area contributed by atoms with E-state index in [0.29, 0.717) is 18.9 Å². The molecular formula is C12H14ClNO3. The Morgan fingerprint density at radius 2 is 2.24 bits per heavy atom. The van der Waals surface area contributed by atoms with Crippen molar-refractivity contribution in [3.63, 3.8) is 0 Å². The fourth-order valence-corrected chi connectivity index (χ4v) is 1.60. The molecule has 2 rings (SSSR count). The largest absolute Gasteiger partial charge is 0.486 e. The molecule has 0 saturated heterocycles. The number of benzene rings is 1. The zero-order chi connectivity index (χ0) is 12.3. The van der Waals surface area contributed by atoms with Crippen LogP contribution in [0.3, 0.4) is 0 Å². The van der Waals surface area contributed by atoms with Crippen molar-refractivity contribution in [2.24, 2.45) is 0 Å². The van der Waals surface area contributed by atoms with E-state index in [1.807, 2.05) is 24.3 Å². The van der Waals surface area contributed by atoms with E-state index in [-0.39, 0.29) is 12.0 Å². The molecule has 1 heterocycles. The van der Waals surface area contributed by atoms with E-state index in [2.05, 4.69) is 5.32 Å². The highest BCUT2D eigenvalue weighted by Gasteiger charge is 2.21. The van der Waals surface area contributed by atoms with Crippen molar-refractivity contribution in [1.82, 2.24) is 5.32 Å². The van der Waals surface area contributed by atoms with Crippen LogP contribution in [0, 0.1) is 0 Å². The van der Waals surface area contributed by atoms with E-state index in [1.165, 1.54) is 0 Å². The lowest BCUT2D eigenvalue weighted by Crippen LogP contribution is -2.42. The second-order valence-corrected chi connectivity index (χ2v) is 4.51. The third kappa shape index (κ3) is 3.03. The molecule has 1 amide bonds. The number of carbonyl (C=O) groups is 1. The minimum Gasteiger partial charge on any atom is -0.486 e. The van der Waals surface area contributed by atoms with Crippen LogP contribution in [0.15, 0.2) is 24.3 Å². The molecular weight excluding hydrogens is 242 g/mol. The lowest BCUT2D eigenvalue weighted by atomic mass is 10.2. The summed E-state index contributed by atoms with van der Waals surface area (Å²) in [5.41, 5.74) is 0. The standard InChI is InChI=1S/C12H14ClNO3/c1-8(13)12(15)14-6-9-7-16-10-4-2-3-5-11(10)17-9/h2-5,8-9H,6-7H2,1H3,(H,14,15)/t8-,9-/m0/s1. The van der Waals surface area contributed by atoms with Crippen LogP contribution in [0.1, 0.15) is 6.92 Å². The van der Waals surface area contributed by atoms with Crippen molar-refractivity contribution in [2.45, 2.75) is 18.4 Å². The van der Waals surface area contributed by atoms with Crippen molar-refractivity contribution in [1.29, 1.82) is 0 Å². The first-order chi connectivity index (χ1) is 8.16. The second kappa shape index (κ2) is 5.27. The highest BCUT2D eigenvalue weighted by atomic mass is 35.5. The lowest BCUT2D eigenvalue weighted by Gasteiger charge is -2.26. The van der Waals surface area contributed by atoms with Crippen molar-refractivity contribution in [3.05, 3.63) is 24.3 Å². The number of carbonyl (C=O) groups excluding carboxylic acids is 1. The van der Waals surface area contributed by atoms with Crippen LogP contribution < -0.4 is 14.8 Å². The van der Waals surface area contributed by atoms with Gasteiger partial charge in [-0.3, -0.25) is 4.79 Å². The predicted octanol–water partition coefficient (Wildman–Crippen LogP) is 1.57. The number of nitrogens with one attached hydrogen (secondary N) is 1. The minimum atomic E-state index is -0.535. The summed E-state index contributed by atoms with van der Waals surface area (Å²) in [6, 6.07) is 7.46. The topological polar surface area (TPSA) is 47.6 Å². The molecule has 0 aliphatic carbocycles. The fourth-order valence-electron chi connectivity index (χ4n) is 1.52. The van der Waals surface area contributed by atoms with Gasteiger partial charge in [0.15, 0.2) is 11.5 Å². The molecule has 0 unspecified atom stereocenters. The molecule has 0 bridgehead atoms. The van der Waals surface area contributed by atoms with Gasteiger partial charge < -0.3 is 14.8 Å². The zero-order valence-corrected chi connectivity index (χ0v) is 10.2. The summed E-state index contributed by atoms with van der Waals surface area (Å²) in [6.45, 7) is 2.45. The second-order valence-electron chi connectivity index (χ2n) is 3.86. The first-order valence-corrected chi connectivity index (χ1v) is 5.90. The van der Waals surface area contributed by atoms with Gasteiger partial charge in [0, 0.05) is 0 Å². The number of ether oxygens (including phenoxy) is 2. The van der Waals surface area contributed by atoms with Crippen molar-refractivity contribution >= 4 is 17.5 Å². The number of amides is 1. The van der Waals surface area contributed by atoms with Gasteiger partial charge in [0.2, 0.25) is 5.91 Å². The maximum absolute atomic E-state index is 11.3. The van der Waals surface area contributed by atoms with E-state index in [4.69, 9.17) is 21.1 Å². The summed E-state index contributed by atoms with van der Waals surface area (Å²) in [7, 11) is 0. The molecule has 2 atom stereocenters. The average molecular weight is 256 g/mol. The van der Waals surface area contributed by atoms with Crippen LogP contribution in [0.2, 0.25) is 0 Å². The summed E-state index contributed by atoms with van der Waals surface area (Å²) in [4.78, 5) is 11.3. The number of halogens is 1. The summed E-state index contributed by atoms with van der Waals surface area (Å²) >= 11 is 5.64. The molecule has 1 N–H and O–H groups in total.